The second-order valence-corrected chi connectivity index (χ2v) is 3.02. The summed E-state index contributed by atoms with van der Waals surface area (Å²) in [4.78, 5) is 0. The van der Waals surface area contributed by atoms with Gasteiger partial charge in [-0.2, -0.15) is 13.2 Å². The molecule has 1 aliphatic heterocycles. The highest BCUT2D eigenvalue weighted by Gasteiger charge is 2.47. The molecule has 0 bridgehead atoms. The van der Waals surface area contributed by atoms with Crippen molar-refractivity contribution in [2.75, 3.05) is 13.2 Å². The van der Waals surface area contributed by atoms with Crippen LogP contribution in [0, 0.1) is 5.92 Å². The van der Waals surface area contributed by atoms with Crippen molar-refractivity contribution in [3.63, 3.8) is 0 Å². The van der Waals surface area contributed by atoms with Crippen LogP contribution in [0.25, 0.3) is 0 Å². The summed E-state index contributed by atoms with van der Waals surface area (Å²) >= 11 is 0. The van der Waals surface area contributed by atoms with E-state index in [9.17, 15) is 17.7 Å². The van der Waals surface area contributed by atoms with Gasteiger partial charge < -0.3 is 0 Å². The van der Waals surface area contributed by atoms with E-state index in [0.717, 1.165) is 0 Å². The van der Waals surface area contributed by atoms with E-state index in [0.29, 0.717) is 0 Å². The zero-order valence-corrected chi connectivity index (χ0v) is 6.19. The lowest BCUT2D eigenvalue weighted by atomic mass is 10.2. The third-order valence-corrected chi connectivity index (χ3v) is 1.94. The summed E-state index contributed by atoms with van der Waals surface area (Å²) < 4.78 is 54.1. The summed E-state index contributed by atoms with van der Waals surface area (Å²) in [7, 11) is -2.32. The van der Waals surface area contributed by atoms with Gasteiger partial charge in [0.25, 0.3) is 0 Å². The number of halogens is 3. The molecule has 1 saturated heterocycles. The van der Waals surface area contributed by atoms with Gasteiger partial charge in [-0.3, -0.25) is 0 Å². The van der Waals surface area contributed by atoms with Crippen molar-refractivity contribution < 1.29 is 26.8 Å². The number of hydrogen-bond acceptors (Lipinski definition) is 3. The van der Waals surface area contributed by atoms with Gasteiger partial charge in [-0.25, -0.2) is 0 Å². The van der Waals surface area contributed by atoms with E-state index in [1.54, 1.807) is 0 Å². The molecular formula is C4H5F3O3P+. The average molecular weight is 189 g/mol. The molecule has 1 rings (SSSR count). The van der Waals surface area contributed by atoms with Crippen LogP contribution in [-0.4, -0.2) is 19.4 Å². The van der Waals surface area contributed by atoms with Crippen molar-refractivity contribution in [2.45, 2.75) is 6.18 Å². The maximum atomic E-state index is 11.8. The van der Waals surface area contributed by atoms with Gasteiger partial charge in [0.15, 0.2) is 0 Å². The summed E-state index contributed by atoms with van der Waals surface area (Å²) in [6.07, 6.45) is -4.32. The molecule has 11 heavy (non-hydrogen) atoms. The first-order valence-corrected chi connectivity index (χ1v) is 3.89. The van der Waals surface area contributed by atoms with E-state index in [-0.39, 0.29) is 0 Å². The predicted octanol–water partition coefficient (Wildman–Crippen LogP) is 1.87. The quantitative estimate of drug-likeness (QED) is 0.545. The number of rotatable bonds is 0. The van der Waals surface area contributed by atoms with Gasteiger partial charge in [-0.05, 0) is 0 Å². The molecule has 0 spiro atoms. The lowest BCUT2D eigenvalue weighted by Crippen LogP contribution is -2.32. The molecule has 0 amide bonds. The molecule has 0 aromatic carbocycles. The van der Waals surface area contributed by atoms with Gasteiger partial charge in [-0.15, -0.1) is 9.05 Å². The van der Waals surface area contributed by atoms with E-state index in [2.05, 4.69) is 9.05 Å². The van der Waals surface area contributed by atoms with Crippen LogP contribution < -0.4 is 0 Å². The molecule has 0 radical (unpaired) electrons. The minimum absolute atomic E-state index is 0.571. The molecule has 0 aliphatic carbocycles. The Kier molecular flexibility index (Phi) is 2.47. The van der Waals surface area contributed by atoms with Crippen LogP contribution in [0.15, 0.2) is 0 Å². The molecule has 64 valence electrons. The van der Waals surface area contributed by atoms with Gasteiger partial charge >= 0.3 is 14.4 Å². The van der Waals surface area contributed by atoms with Crippen LogP contribution >= 0.6 is 8.25 Å². The third-order valence-electron chi connectivity index (χ3n) is 1.23. The van der Waals surface area contributed by atoms with Crippen LogP contribution in [-0.2, 0) is 13.6 Å². The zero-order chi connectivity index (χ0) is 8.48. The Balaban J connectivity index is 2.45. The molecule has 1 fully saturated rings. The van der Waals surface area contributed by atoms with Crippen molar-refractivity contribution in [3.8, 4) is 0 Å². The Labute approximate surface area is 61.4 Å². The van der Waals surface area contributed by atoms with E-state index < -0.39 is 33.6 Å². The fraction of sp³-hybridized carbons (Fsp3) is 1.00. The van der Waals surface area contributed by atoms with E-state index in [4.69, 9.17) is 0 Å². The first kappa shape index (κ1) is 8.90. The maximum absolute atomic E-state index is 11.8. The van der Waals surface area contributed by atoms with Crippen molar-refractivity contribution >= 4 is 8.25 Å². The Bertz CT molecular complexity index is 158. The van der Waals surface area contributed by atoms with Crippen molar-refractivity contribution in [1.82, 2.24) is 0 Å². The molecule has 0 saturated carbocycles. The smallest absolute Gasteiger partial charge is 0.171 e. The molecule has 1 aliphatic rings. The number of hydrogen-bond donors (Lipinski definition) is 0. The summed E-state index contributed by atoms with van der Waals surface area (Å²) in [6.45, 7) is -1.14. The second-order valence-electron chi connectivity index (χ2n) is 2.05. The highest BCUT2D eigenvalue weighted by atomic mass is 31.1. The molecule has 1 heterocycles. The van der Waals surface area contributed by atoms with Crippen molar-refractivity contribution in [2.24, 2.45) is 5.92 Å². The first-order valence-electron chi connectivity index (χ1n) is 2.80. The van der Waals surface area contributed by atoms with Gasteiger partial charge in [0, 0.05) is 4.57 Å². The molecule has 0 aromatic heterocycles. The fourth-order valence-corrected chi connectivity index (χ4v) is 1.25. The van der Waals surface area contributed by atoms with Gasteiger partial charge in [0.05, 0.1) is 0 Å². The lowest BCUT2D eigenvalue weighted by molar-refractivity contribution is -0.195. The average Bonchev–Trinajstić information content (AvgIpc) is 1.86. The lowest BCUT2D eigenvalue weighted by Gasteiger charge is -2.16. The SMILES string of the molecule is O=[P+]1OCC(C(F)(F)F)CO1. The molecular weight excluding hydrogens is 184 g/mol. The first-order chi connectivity index (χ1) is 5.00. The highest BCUT2D eigenvalue weighted by Crippen LogP contribution is 2.37. The van der Waals surface area contributed by atoms with Crippen molar-refractivity contribution in [3.05, 3.63) is 0 Å². The Morgan fingerprint density at radius 1 is 1.27 bits per heavy atom. The third kappa shape index (κ3) is 2.39. The topological polar surface area (TPSA) is 35.5 Å². The maximum Gasteiger partial charge on any atom is 0.697 e. The van der Waals surface area contributed by atoms with Crippen LogP contribution in [0.5, 0.6) is 0 Å². The second kappa shape index (κ2) is 3.05. The van der Waals surface area contributed by atoms with Gasteiger partial charge in [0.2, 0.25) is 0 Å². The molecule has 7 heteroatoms. The largest absolute Gasteiger partial charge is 0.697 e. The Morgan fingerprint density at radius 3 is 2.09 bits per heavy atom. The van der Waals surface area contributed by atoms with E-state index >= 15 is 0 Å². The Morgan fingerprint density at radius 2 is 1.73 bits per heavy atom. The molecule has 0 unspecified atom stereocenters. The summed E-state index contributed by atoms with van der Waals surface area (Å²) in [5.74, 6) is -1.64. The standard InChI is InChI=1S/C4H5F3O3P/c5-4(6,7)3-1-9-11(8)10-2-3/h3H,1-2H2/q+1. The molecule has 0 N–H and O–H groups in total. The summed E-state index contributed by atoms with van der Waals surface area (Å²) in [5.41, 5.74) is 0. The van der Waals surface area contributed by atoms with Crippen LogP contribution in [0.4, 0.5) is 13.2 Å². The molecule has 3 nitrogen and oxygen atoms in total. The minimum atomic E-state index is -4.32. The van der Waals surface area contributed by atoms with Crippen LogP contribution in [0.2, 0.25) is 0 Å². The fourth-order valence-electron chi connectivity index (χ4n) is 0.576. The zero-order valence-electron chi connectivity index (χ0n) is 5.30. The van der Waals surface area contributed by atoms with E-state index in [1.165, 1.54) is 0 Å². The molecule has 0 atom stereocenters. The van der Waals surface area contributed by atoms with Crippen LogP contribution in [0.3, 0.4) is 0 Å². The van der Waals surface area contributed by atoms with Gasteiger partial charge in [-0.1, -0.05) is 0 Å². The Hall–Kier alpha value is -0.190. The summed E-state index contributed by atoms with van der Waals surface area (Å²) in [5, 5.41) is 0. The van der Waals surface area contributed by atoms with Crippen molar-refractivity contribution in [1.29, 1.82) is 0 Å². The summed E-state index contributed by atoms with van der Waals surface area (Å²) in [6, 6.07) is 0. The highest BCUT2D eigenvalue weighted by molar-refractivity contribution is 7.33. The van der Waals surface area contributed by atoms with Crippen LogP contribution in [0.1, 0.15) is 0 Å². The predicted molar refractivity (Wildman–Crippen MR) is 29.1 cm³/mol. The van der Waals surface area contributed by atoms with E-state index in [1.807, 2.05) is 0 Å². The molecule has 0 aromatic rings. The van der Waals surface area contributed by atoms with Gasteiger partial charge in [0.1, 0.15) is 19.1 Å². The monoisotopic (exact) mass is 189 g/mol. The number of alkyl halides is 3. The normalized spacial score (nSPS) is 30.5. The minimum Gasteiger partial charge on any atom is -0.171 e.